The molecule has 5 nitrogen and oxygen atoms in total. The van der Waals surface area contributed by atoms with Crippen LogP contribution in [0.25, 0.3) is 22.1 Å². The first kappa shape index (κ1) is 15.4. The quantitative estimate of drug-likeness (QED) is 0.784. The van der Waals surface area contributed by atoms with Gasteiger partial charge >= 0.3 is 5.97 Å². The van der Waals surface area contributed by atoms with Gasteiger partial charge in [0.15, 0.2) is 0 Å². The Bertz CT molecular complexity index is 988. The molecule has 0 radical (unpaired) electrons. The topological polar surface area (TPSA) is 70.8 Å². The third-order valence-corrected chi connectivity index (χ3v) is 4.78. The number of aliphatic carboxylic acids is 1. The SMILES string of the molecule is CC[C@@H](C(=O)O)N1Cc2cc(-c3coc4ccccc34)ccc2C1=O. The number of amides is 1. The minimum Gasteiger partial charge on any atom is -0.480 e. The Labute approximate surface area is 144 Å². The van der Waals surface area contributed by atoms with Crippen LogP contribution in [0, 0.1) is 0 Å². The van der Waals surface area contributed by atoms with Crippen LogP contribution in [0.3, 0.4) is 0 Å². The van der Waals surface area contributed by atoms with Crippen LogP contribution in [0.1, 0.15) is 29.3 Å². The summed E-state index contributed by atoms with van der Waals surface area (Å²) in [4.78, 5) is 25.4. The molecule has 3 aromatic rings. The molecule has 1 amide bonds. The monoisotopic (exact) mass is 335 g/mol. The molecule has 1 aromatic heterocycles. The molecule has 1 N–H and O–H groups in total. The van der Waals surface area contributed by atoms with Gasteiger partial charge in [-0.1, -0.05) is 31.2 Å². The second kappa shape index (κ2) is 5.77. The van der Waals surface area contributed by atoms with Crippen molar-refractivity contribution in [2.24, 2.45) is 0 Å². The first-order chi connectivity index (χ1) is 12.1. The maximum Gasteiger partial charge on any atom is 0.326 e. The zero-order valence-corrected chi connectivity index (χ0v) is 13.7. The molecule has 0 fully saturated rings. The summed E-state index contributed by atoms with van der Waals surface area (Å²) in [5, 5.41) is 10.4. The number of carboxylic acids is 1. The number of carbonyl (C=O) groups excluding carboxylic acids is 1. The lowest BCUT2D eigenvalue weighted by molar-refractivity contribution is -0.142. The summed E-state index contributed by atoms with van der Waals surface area (Å²) in [5.41, 5.74) is 4.17. The summed E-state index contributed by atoms with van der Waals surface area (Å²) < 4.78 is 5.60. The van der Waals surface area contributed by atoms with Gasteiger partial charge in [0.2, 0.25) is 0 Å². The van der Waals surface area contributed by atoms with Crippen LogP contribution in [0.4, 0.5) is 0 Å². The molecule has 0 aliphatic carbocycles. The van der Waals surface area contributed by atoms with Crippen LogP contribution in [-0.2, 0) is 11.3 Å². The van der Waals surface area contributed by atoms with Gasteiger partial charge in [-0.05, 0) is 35.7 Å². The molecule has 5 heteroatoms. The van der Waals surface area contributed by atoms with Crippen molar-refractivity contribution in [3.63, 3.8) is 0 Å². The normalized spacial score (nSPS) is 14.8. The van der Waals surface area contributed by atoms with Crippen LogP contribution in [0.15, 0.2) is 53.1 Å². The van der Waals surface area contributed by atoms with Crippen molar-refractivity contribution in [3.05, 3.63) is 59.9 Å². The summed E-state index contributed by atoms with van der Waals surface area (Å²) in [7, 11) is 0. The zero-order chi connectivity index (χ0) is 17.6. The number of hydrogen-bond acceptors (Lipinski definition) is 3. The lowest BCUT2D eigenvalue weighted by Gasteiger charge is -2.22. The van der Waals surface area contributed by atoms with Crippen molar-refractivity contribution >= 4 is 22.8 Å². The average Bonchev–Trinajstić information content (AvgIpc) is 3.17. The molecule has 2 heterocycles. The van der Waals surface area contributed by atoms with E-state index in [0.29, 0.717) is 18.5 Å². The molecule has 0 unspecified atom stereocenters. The molecule has 126 valence electrons. The molecule has 2 aromatic carbocycles. The van der Waals surface area contributed by atoms with E-state index in [2.05, 4.69) is 0 Å². The first-order valence-corrected chi connectivity index (χ1v) is 8.23. The minimum atomic E-state index is -0.968. The molecule has 0 saturated heterocycles. The Morgan fingerprint density at radius 3 is 2.80 bits per heavy atom. The lowest BCUT2D eigenvalue weighted by Crippen LogP contribution is -2.40. The summed E-state index contributed by atoms with van der Waals surface area (Å²) in [6.45, 7) is 2.10. The third kappa shape index (κ3) is 2.39. The number of para-hydroxylation sites is 1. The number of carbonyl (C=O) groups is 2. The van der Waals surface area contributed by atoms with Gasteiger partial charge in [-0.2, -0.15) is 0 Å². The van der Waals surface area contributed by atoms with Crippen LogP contribution in [-0.4, -0.2) is 27.9 Å². The number of rotatable bonds is 4. The molecule has 1 aliphatic rings. The highest BCUT2D eigenvalue weighted by Gasteiger charge is 2.35. The third-order valence-electron chi connectivity index (χ3n) is 4.78. The first-order valence-electron chi connectivity index (χ1n) is 8.23. The summed E-state index contributed by atoms with van der Waals surface area (Å²) in [6, 6.07) is 12.6. The Morgan fingerprint density at radius 1 is 1.24 bits per heavy atom. The van der Waals surface area contributed by atoms with Gasteiger partial charge in [0.25, 0.3) is 5.91 Å². The van der Waals surface area contributed by atoms with Crippen molar-refractivity contribution in [1.82, 2.24) is 4.90 Å². The standard InChI is InChI=1S/C20H17NO4/c1-2-17(20(23)24)21-10-13-9-12(7-8-14(13)19(21)22)16-11-25-18-6-4-3-5-15(16)18/h3-9,11,17H,2,10H2,1H3,(H,23,24)/t17-/m0/s1. The van der Waals surface area contributed by atoms with Crippen molar-refractivity contribution in [2.45, 2.75) is 25.9 Å². The fourth-order valence-corrected chi connectivity index (χ4v) is 3.49. The van der Waals surface area contributed by atoms with Gasteiger partial charge in [-0.3, -0.25) is 4.79 Å². The number of nitrogens with zero attached hydrogens (tertiary/aromatic N) is 1. The fraction of sp³-hybridized carbons (Fsp3) is 0.200. The van der Waals surface area contributed by atoms with Gasteiger partial charge in [0, 0.05) is 23.1 Å². The van der Waals surface area contributed by atoms with E-state index in [1.54, 1.807) is 19.3 Å². The van der Waals surface area contributed by atoms with Crippen LogP contribution >= 0.6 is 0 Å². The van der Waals surface area contributed by atoms with E-state index >= 15 is 0 Å². The van der Waals surface area contributed by atoms with Gasteiger partial charge in [0.1, 0.15) is 11.6 Å². The molecule has 0 saturated carbocycles. The second-order valence-corrected chi connectivity index (χ2v) is 6.21. The van der Waals surface area contributed by atoms with E-state index < -0.39 is 12.0 Å². The minimum absolute atomic E-state index is 0.215. The number of furan rings is 1. The highest BCUT2D eigenvalue weighted by molar-refractivity contribution is 6.02. The number of hydrogen-bond donors (Lipinski definition) is 1. The Morgan fingerprint density at radius 2 is 2.04 bits per heavy atom. The maximum absolute atomic E-state index is 12.6. The summed E-state index contributed by atoms with van der Waals surface area (Å²) in [6.07, 6.45) is 2.10. The van der Waals surface area contributed by atoms with Gasteiger partial charge in [-0.25, -0.2) is 4.79 Å². The molecular formula is C20H17NO4. The lowest BCUT2D eigenvalue weighted by atomic mass is 10.00. The zero-order valence-electron chi connectivity index (χ0n) is 13.7. The average molecular weight is 335 g/mol. The van der Waals surface area contributed by atoms with E-state index in [1.807, 2.05) is 36.4 Å². The smallest absolute Gasteiger partial charge is 0.326 e. The Hall–Kier alpha value is -3.08. The molecule has 1 aliphatic heterocycles. The predicted octanol–water partition coefficient (Wildman–Crippen LogP) is 3.92. The van der Waals surface area contributed by atoms with Crippen LogP contribution in [0.5, 0.6) is 0 Å². The van der Waals surface area contributed by atoms with E-state index in [0.717, 1.165) is 27.7 Å². The van der Waals surface area contributed by atoms with Crippen molar-refractivity contribution in [1.29, 1.82) is 0 Å². The second-order valence-electron chi connectivity index (χ2n) is 6.21. The van der Waals surface area contributed by atoms with Crippen molar-refractivity contribution < 1.29 is 19.1 Å². The molecule has 4 rings (SSSR count). The Kier molecular flexibility index (Phi) is 3.57. The number of carboxylic acid groups (broad SMARTS) is 1. The molecule has 1 atom stereocenters. The molecule has 0 spiro atoms. The van der Waals surface area contributed by atoms with Gasteiger partial charge < -0.3 is 14.4 Å². The summed E-state index contributed by atoms with van der Waals surface area (Å²) in [5.74, 6) is -1.18. The molecular weight excluding hydrogens is 318 g/mol. The van der Waals surface area contributed by atoms with Crippen LogP contribution < -0.4 is 0 Å². The van der Waals surface area contributed by atoms with E-state index in [1.165, 1.54) is 4.90 Å². The van der Waals surface area contributed by atoms with Crippen molar-refractivity contribution in [2.75, 3.05) is 0 Å². The number of benzene rings is 2. The summed E-state index contributed by atoms with van der Waals surface area (Å²) >= 11 is 0. The molecule has 25 heavy (non-hydrogen) atoms. The van der Waals surface area contributed by atoms with Crippen molar-refractivity contribution in [3.8, 4) is 11.1 Å². The van der Waals surface area contributed by atoms with Gasteiger partial charge in [0.05, 0.1) is 6.26 Å². The molecule has 0 bridgehead atoms. The number of fused-ring (bicyclic) bond motifs is 2. The highest BCUT2D eigenvalue weighted by atomic mass is 16.4. The highest BCUT2D eigenvalue weighted by Crippen LogP contribution is 2.34. The maximum atomic E-state index is 12.6. The van der Waals surface area contributed by atoms with E-state index in [-0.39, 0.29) is 5.91 Å². The largest absolute Gasteiger partial charge is 0.480 e. The fourth-order valence-electron chi connectivity index (χ4n) is 3.49. The Balaban J connectivity index is 1.74. The van der Waals surface area contributed by atoms with E-state index in [4.69, 9.17) is 4.42 Å². The van der Waals surface area contributed by atoms with E-state index in [9.17, 15) is 14.7 Å². The predicted molar refractivity (Wildman–Crippen MR) is 93.2 cm³/mol. The van der Waals surface area contributed by atoms with Gasteiger partial charge in [-0.15, -0.1) is 0 Å². The van der Waals surface area contributed by atoms with Crippen LogP contribution in [0.2, 0.25) is 0 Å².